The number of hydrogen-bond donors (Lipinski definition) is 1. The molecule has 1 saturated heterocycles. The van der Waals surface area contributed by atoms with Gasteiger partial charge in [-0.1, -0.05) is 12.2 Å². The summed E-state index contributed by atoms with van der Waals surface area (Å²) < 4.78 is 0. The van der Waals surface area contributed by atoms with Gasteiger partial charge in [0.2, 0.25) is 5.91 Å². The monoisotopic (exact) mass is 210 g/mol. The van der Waals surface area contributed by atoms with Crippen LogP contribution in [-0.4, -0.2) is 37.0 Å². The van der Waals surface area contributed by atoms with Crippen LogP contribution in [0, 0.1) is 0 Å². The van der Waals surface area contributed by atoms with Crippen LogP contribution >= 0.6 is 0 Å². The highest BCUT2D eigenvalue weighted by atomic mass is 16.2. The molecule has 3 heteroatoms. The summed E-state index contributed by atoms with van der Waals surface area (Å²) in [5.74, 6) is 0.295. The van der Waals surface area contributed by atoms with Crippen LogP contribution in [0.4, 0.5) is 0 Å². The maximum atomic E-state index is 11.7. The van der Waals surface area contributed by atoms with Gasteiger partial charge in [-0.2, -0.15) is 0 Å². The van der Waals surface area contributed by atoms with E-state index in [1.165, 1.54) is 19.3 Å². The molecule has 0 saturated carbocycles. The van der Waals surface area contributed by atoms with E-state index < -0.39 is 0 Å². The van der Waals surface area contributed by atoms with E-state index in [0.717, 1.165) is 31.8 Å². The van der Waals surface area contributed by atoms with Gasteiger partial charge in [0.1, 0.15) is 0 Å². The number of carbonyl (C=O) groups is 1. The molecule has 3 nitrogen and oxygen atoms in total. The van der Waals surface area contributed by atoms with Crippen molar-refractivity contribution in [3.8, 4) is 0 Å². The molecule has 1 aliphatic rings. The van der Waals surface area contributed by atoms with Gasteiger partial charge in [0.15, 0.2) is 0 Å². The van der Waals surface area contributed by atoms with Crippen molar-refractivity contribution in [1.29, 1.82) is 0 Å². The van der Waals surface area contributed by atoms with Crippen molar-refractivity contribution >= 4 is 5.91 Å². The second kappa shape index (κ2) is 6.62. The lowest BCUT2D eigenvalue weighted by Crippen LogP contribution is -2.37. The molecule has 0 aromatic heterocycles. The Labute approximate surface area is 92.5 Å². The number of rotatable bonds is 5. The molecule has 0 unspecified atom stereocenters. The minimum absolute atomic E-state index is 0.295. The van der Waals surface area contributed by atoms with Crippen LogP contribution in [0.25, 0.3) is 0 Å². The number of carbonyl (C=O) groups excluding carboxylic acids is 1. The summed E-state index contributed by atoms with van der Waals surface area (Å²) in [5, 5.41) is 3.21. The minimum atomic E-state index is 0.295. The van der Waals surface area contributed by atoms with Crippen LogP contribution in [0.2, 0.25) is 0 Å². The second-order valence-corrected chi connectivity index (χ2v) is 4.33. The fourth-order valence-electron chi connectivity index (χ4n) is 1.80. The Morgan fingerprint density at radius 2 is 2.00 bits per heavy atom. The summed E-state index contributed by atoms with van der Waals surface area (Å²) in [5.41, 5.74) is 1.11. The van der Waals surface area contributed by atoms with Gasteiger partial charge < -0.3 is 10.2 Å². The Balaban J connectivity index is 2.09. The first-order chi connectivity index (χ1) is 7.20. The average Bonchev–Trinajstić information content (AvgIpc) is 2.25. The molecule has 1 rings (SSSR count). The predicted molar refractivity (Wildman–Crippen MR) is 62.7 cm³/mol. The van der Waals surface area contributed by atoms with Gasteiger partial charge >= 0.3 is 0 Å². The van der Waals surface area contributed by atoms with Crippen LogP contribution < -0.4 is 5.32 Å². The Hall–Kier alpha value is -0.830. The topological polar surface area (TPSA) is 32.3 Å². The highest BCUT2D eigenvalue weighted by molar-refractivity contribution is 5.76. The van der Waals surface area contributed by atoms with Crippen LogP contribution in [0.1, 0.15) is 32.6 Å². The van der Waals surface area contributed by atoms with E-state index in [9.17, 15) is 4.79 Å². The van der Waals surface area contributed by atoms with Crippen LogP contribution in [0.3, 0.4) is 0 Å². The molecule has 1 aliphatic heterocycles. The summed E-state index contributed by atoms with van der Waals surface area (Å²) in [6, 6.07) is 0. The zero-order valence-corrected chi connectivity index (χ0v) is 9.72. The second-order valence-electron chi connectivity index (χ2n) is 4.33. The third kappa shape index (κ3) is 4.98. The number of piperidine rings is 1. The molecule has 0 aromatic carbocycles. The Morgan fingerprint density at radius 3 is 2.60 bits per heavy atom. The Kier molecular flexibility index (Phi) is 5.40. The van der Waals surface area contributed by atoms with E-state index in [1.54, 1.807) is 0 Å². The zero-order chi connectivity index (χ0) is 11.1. The first-order valence-electron chi connectivity index (χ1n) is 5.83. The van der Waals surface area contributed by atoms with Crippen molar-refractivity contribution in [3.05, 3.63) is 12.2 Å². The van der Waals surface area contributed by atoms with E-state index in [4.69, 9.17) is 0 Å². The molecule has 1 fully saturated rings. The fraction of sp³-hybridized carbons (Fsp3) is 0.750. The maximum Gasteiger partial charge on any atom is 0.223 e. The molecule has 0 spiro atoms. The van der Waals surface area contributed by atoms with Crippen molar-refractivity contribution in [1.82, 2.24) is 10.2 Å². The van der Waals surface area contributed by atoms with Crippen LogP contribution in [0.15, 0.2) is 12.2 Å². The standard InChI is InChI=1S/C12H22N2O/c1-11(2)10-13-7-6-12(15)14-8-4-3-5-9-14/h13H,1,3-10H2,2H3. The molecular formula is C12H22N2O. The summed E-state index contributed by atoms with van der Waals surface area (Å²) in [7, 11) is 0. The van der Waals surface area contributed by atoms with Gasteiger partial charge in [-0.05, 0) is 26.2 Å². The van der Waals surface area contributed by atoms with Gasteiger partial charge in [0.25, 0.3) is 0 Å². The lowest BCUT2D eigenvalue weighted by Gasteiger charge is -2.26. The summed E-state index contributed by atoms with van der Waals surface area (Å²) in [6.45, 7) is 9.28. The molecule has 15 heavy (non-hydrogen) atoms. The molecular weight excluding hydrogens is 188 g/mol. The molecule has 86 valence electrons. The normalized spacial score (nSPS) is 16.5. The predicted octanol–water partition coefficient (Wildman–Crippen LogP) is 1.55. The summed E-state index contributed by atoms with van der Waals surface area (Å²) in [4.78, 5) is 13.7. The van der Waals surface area contributed by atoms with Crippen molar-refractivity contribution < 1.29 is 4.79 Å². The van der Waals surface area contributed by atoms with Gasteiger partial charge in [0, 0.05) is 32.6 Å². The zero-order valence-electron chi connectivity index (χ0n) is 9.72. The third-order valence-electron chi connectivity index (χ3n) is 2.65. The summed E-state index contributed by atoms with van der Waals surface area (Å²) in [6.07, 6.45) is 4.24. The van der Waals surface area contributed by atoms with Crippen molar-refractivity contribution in [2.45, 2.75) is 32.6 Å². The average molecular weight is 210 g/mol. The number of amides is 1. The van der Waals surface area contributed by atoms with E-state index in [-0.39, 0.29) is 0 Å². The lowest BCUT2D eigenvalue weighted by molar-refractivity contribution is -0.131. The first-order valence-corrected chi connectivity index (χ1v) is 5.83. The molecule has 1 N–H and O–H groups in total. The Morgan fingerprint density at radius 1 is 1.33 bits per heavy atom. The number of hydrogen-bond acceptors (Lipinski definition) is 2. The van der Waals surface area contributed by atoms with Crippen LogP contribution in [-0.2, 0) is 4.79 Å². The summed E-state index contributed by atoms with van der Waals surface area (Å²) >= 11 is 0. The van der Waals surface area contributed by atoms with Gasteiger partial charge in [-0.3, -0.25) is 4.79 Å². The fourth-order valence-corrected chi connectivity index (χ4v) is 1.80. The molecule has 0 aliphatic carbocycles. The molecule has 0 bridgehead atoms. The van der Waals surface area contributed by atoms with Gasteiger partial charge in [-0.25, -0.2) is 0 Å². The number of nitrogens with zero attached hydrogens (tertiary/aromatic N) is 1. The molecule has 1 heterocycles. The first kappa shape index (κ1) is 12.2. The maximum absolute atomic E-state index is 11.7. The Bertz CT molecular complexity index is 220. The molecule has 0 aromatic rings. The SMILES string of the molecule is C=C(C)CNCCC(=O)N1CCCCC1. The highest BCUT2D eigenvalue weighted by Gasteiger charge is 2.15. The smallest absolute Gasteiger partial charge is 0.223 e. The van der Waals surface area contributed by atoms with Crippen LogP contribution in [0.5, 0.6) is 0 Å². The highest BCUT2D eigenvalue weighted by Crippen LogP contribution is 2.09. The van der Waals surface area contributed by atoms with Gasteiger partial charge in [0.05, 0.1) is 0 Å². The van der Waals surface area contributed by atoms with Crippen molar-refractivity contribution in [2.75, 3.05) is 26.2 Å². The quantitative estimate of drug-likeness (QED) is 0.551. The van der Waals surface area contributed by atoms with Crippen molar-refractivity contribution in [2.24, 2.45) is 0 Å². The van der Waals surface area contributed by atoms with E-state index in [2.05, 4.69) is 11.9 Å². The largest absolute Gasteiger partial charge is 0.343 e. The lowest BCUT2D eigenvalue weighted by atomic mass is 10.1. The molecule has 0 atom stereocenters. The van der Waals surface area contributed by atoms with E-state index in [1.807, 2.05) is 11.8 Å². The molecule has 0 radical (unpaired) electrons. The number of nitrogens with one attached hydrogen (secondary N) is 1. The van der Waals surface area contributed by atoms with E-state index >= 15 is 0 Å². The van der Waals surface area contributed by atoms with Gasteiger partial charge in [-0.15, -0.1) is 0 Å². The third-order valence-corrected chi connectivity index (χ3v) is 2.65. The van der Waals surface area contributed by atoms with E-state index in [0.29, 0.717) is 12.3 Å². The molecule has 1 amide bonds. The number of likely N-dealkylation sites (tertiary alicyclic amines) is 1. The van der Waals surface area contributed by atoms with Crippen molar-refractivity contribution in [3.63, 3.8) is 0 Å². The minimum Gasteiger partial charge on any atom is -0.343 e.